The Hall–Kier alpha value is -2.87. The van der Waals surface area contributed by atoms with Gasteiger partial charge in [0.15, 0.2) is 5.82 Å². The number of aryl methyl sites for hydroxylation is 1. The zero-order valence-electron chi connectivity index (χ0n) is 17.0. The van der Waals surface area contributed by atoms with E-state index < -0.39 is 0 Å². The number of nitrogens with zero attached hydrogens (tertiary/aromatic N) is 4. The van der Waals surface area contributed by atoms with Crippen LogP contribution in [0.4, 0.5) is 4.39 Å². The van der Waals surface area contributed by atoms with Crippen molar-refractivity contribution in [2.75, 3.05) is 32.8 Å². The average Bonchev–Trinajstić information content (AvgIpc) is 2.79. The van der Waals surface area contributed by atoms with E-state index in [1.807, 2.05) is 0 Å². The lowest BCUT2D eigenvalue weighted by molar-refractivity contribution is 0.0301. The molecule has 2 aliphatic heterocycles. The number of likely N-dealkylation sites (tertiary alicyclic amines) is 1. The molecule has 0 N–H and O–H groups in total. The van der Waals surface area contributed by atoms with Crippen molar-refractivity contribution in [2.45, 2.75) is 32.2 Å². The number of amides is 2. The van der Waals surface area contributed by atoms with Crippen LogP contribution >= 0.6 is 0 Å². The minimum Gasteiger partial charge on any atom is -0.378 e. The summed E-state index contributed by atoms with van der Waals surface area (Å²) in [6, 6.07) is 5.32. The monoisotopic (exact) mass is 412 g/mol. The van der Waals surface area contributed by atoms with Gasteiger partial charge in [-0.05, 0) is 50.5 Å². The molecule has 2 aliphatic rings. The second kappa shape index (κ2) is 8.87. The topological polar surface area (TPSA) is 75.6 Å². The zero-order valence-corrected chi connectivity index (χ0v) is 17.0. The number of morpholine rings is 1. The molecular weight excluding hydrogens is 387 g/mol. The van der Waals surface area contributed by atoms with Crippen LogP contribution in [0.5, 0.6) is 0 Å². The van der Waals surface area contributed by atoms with Gasteiger partial charge in [0, 0.05) is 31.4 Å². The molecule has 0 saturated carbocycles. The molecule has 0 aliphatic carbocycles. The van der Waals surface area contributed by atoms with Gasteiger partial charge < -0.3 is 14.5 Å². The van der Waals surface area contributed by atoms with Gasteiger partial charge in [0.2, 0.25) is 0 Å². The molecule has 1 aromatic carbocycles. The molecule has 30 heavy (non-hydrogen) atoms. The Bertz CT molecular complexity index is 928. The van der Waals surface area contributed by atoms with Crippen LogP contribution < -0.4 is 0 Å². The predicted molar refractivity (Wildman–Crippen MR) is 108 cm³/mol. The molecule has 1 aromatic heterocycles. The van der Waals surface area contributed by atoms with Crippen LogP contribution in [-0.2, 0) is 4.74 Å². The van der Waals surface area contributed by atoms with E-state index in [1.54, 1.807) is 22.9 Å². The van der Waals surface area contributed by atoms with Gasteiger partial charge in [-0.25, -0.2) is 14.4 Å². The van der Waals surface area contributed by atoms with Crippen LogP contribution in [0.3, 0.4) is 0 Å². The summed E-state index contributed by atoms with van der Waals surface area (Å²) < 4.78 is 18.5. The number of hydrogen-bond acceptors (Lipinski definition) is 5. The first-order valence-corrected chi connectivity index (χ1v) is 10.3. The van der Waals surface area contributed by atoms with Gasteiger partial charge in [-0.1, -0.05) is 0 Å². The third kappa shape index (κ3) is 4.18. The first-order valence-electron chi connectivity index (χ1n) is 10.3. The minimum atomic E-state index is -0.374. The lowest BCUT2D eigenvalue weighted by atomic mass is 9.99. The molecule has 4 rings (SSSR count). The van der Waals surface area contributed by atoms with E-state index in [9.17, 15) is 14.0 Å². The highest BCUT2D eigenvalue weighted by atomic mass is 19.1. The summed E-state index contributed by atoms with van der Waals surface area (Å²) in [5.74, 6) is -0.0814. The summed E-state index contributed by atoms with van der Waals surface area (Å²) in [4.78, 5) is 38.4. The Labute approximate surface area is 174 Å². The maximum absolute atomic E-state index is 13.2. The number of benzene rings is 1. The van der Waals surface area contributed by atoms with Gasteiger partial charge in [-0.2, -0.15) is 0 Å². The van der Waals surface area contributed by atoms with E-state index in [0.29, 0.717) is 55.5 Å². The molecular formula is C22H25FN4O3. The highest BCUT2D eigenvalue weighted by molar-refractivity contribution is 5.95. The molecule has 158 valence electrons. The van der Waals surface area contributed by atoms with Gasteiger partial charge in [0.1, 0.15) is 5.82 Å². The fourth-order valence-corrected chi connectivity index (χ4v) is 3.99. The summed E-state index contributed by atoms with van der Waals surface area (Å²) in [6.45, 7) is 4.58. The zero-order chi connectivity index (χ0) is 21.1. The lowest BCUT2D eigenvalue weighted by Crippen LogP contribution is -2.41. The number of carbonyl (C=O) groups is 2. The van der Waals surface area contributed by atoms with Crippen molar-refractivity contribution in [1.29, 1.82) is 0 Å². The van der Waals surface area contributed by atoms with Crippen LogP contribution in [0.2, 0.25) is 0 Å². The second-order valence-corrected chi connectivity index (χ2v) is 7.65. The highest BCUT2D eigenvalue weighted by Gasteiger charge is 2.31. The maximum Gasteiger partial charge on any atom is 0.257 e. The fraction of sp³-hybridized carbons (Fsp3) is 0.455. The molecule has 2 fully saturated rings. The van der Waals surface area contributed by atoms with Crippen LogP contribution in [0.15, 0.2) is 30.5 Å². The molecule has 0 spiro atoms. The second-order valence-electron chi connectivity index (χ2n) is 7.65. The molecule has 1 atom stereocenters. The molecule has 1 unspecified atom stereocenters. The van der Waals surface area contributed by atoms with Gasteiger partial charge in [-0.3, -0.25) is 9.59 Å². The Morgan fingerprint density at radius 3 is 2.50 bits per heavy atom. The first kappa shape index (κ1) is 20.4. The minimum absolute atomic E-state index is 0.0924. The normalized spacial score (nSPS) is 19.6. The Morgan fingerprint density at radius 2 is 1.80 bits per heavy atom. The SMILES string of the molecule is Cc1nc(C2CCCCN2C(=O)c2ccc(F)cc2)ncc1C(=O)N1CCOCC1. The molecule has 2 amide bonds. The largest absolute Gasteiger partial charge is 0.378 e. The van der Waals surface area contributed by atoms with Gasteiger partial charge in [-0.15, -0.1) is 0 Å². The Balaban J connectivity index is 1.56. The third-order valence-corrected chi connectivity index (χ3v) is 5.68. The first-order chi connectivity index (χ1) is 14.5. The third-order valence-electron chi connectivity index (χ3n) is 5.68. The van der Waals surface area contributed by atoms with Crippen molar-refractivity contribution < 1.29 is 18.7 Å². The smallest absolute Gasteiger partial charge is 0.257 e. The number of aromatic nitrogens is 2. The highest BCUT2D eigenvalue weighted by Crippen LogP contribution is 2.30. The standard InChI is InChI=1S/C22H25FN4O3/c1-15-18(22(29)26-10-12-30-13-11-26)14-24-20(25-15)19-4-2-3-9-27(19)21(28)16-5-7-17(23)8-6-16/h5-8,14,19H,2-4,9-13H2,1H3. The van der Waals surface area contributed by atoms with E-state index in [1.165, 1.54) is 24.3 Å². The Kier molecular flexibility index (Phi) is 6.03. The molecule has 8 heteroatoms. The van der Waals surface area contributed by atoms with Crippen molar-refractivity contribution in [1.82, 2.24) is 19.8 Å². The summed E-state index contributed by atoms with van der Waals surface area (Å²) in [6.07, 6.45) is 4.19. The summed E-state index contributed by atoms with van der Waals surface area (Å²) >= 11 is 0. The molecule has 2 saturated heterocycles. The van der Waals surface area contributed by atoms with E-state index in [0.717, 1.165) is 19.3 Å². The molecule has 0 radical (unpaired) electrons. The number of piperidine rings is 1. The number of hydrogen-bond donors (Lipinski definition) is 0. The van der Waals surface area contributed by atoms with Crippen LogP contribution in [0, 0.1) is 12.7 Å². The summed E-state index contributed by atoms with van der Waals surface area (Å²) in [5, 5.41) is 0. The number of rotatable bonds is 3. The molecule has 0 bridgehead atoms. The molecule has 3 heterocycles. The average molecular weight is 412 g/mol. The van der Waals surface area contributed by atoms with Crippen molar-refractivity contribution in [3.05, 3.63) is 58.9 Å². The number of halogens is 1. The van der Waals surface area contributed by atoms with Crippen molar-refractivity contribution in [2.24, 2.45) is 0 Å². The summed E-state index contributed by atoms with van der Waals surface area (Å²) in [5.41, 5.74) is 1.53. The van der Waals surface area contributed by atoms with E-state index >= 15 is 0 Å². The predicted octanol–water partition coefficient (Wildman–Crippen LogP) is 2.76. The molecule has 7 nitrogen and oxygen atoms in total. The number of ether oxygens (including phenoxy) is 1. The molecule has 2 aromatic rings. The maximum atomic E-state index is 13.2. The Morgan fingerprint density at radius 1 is 1.07 bits per heavy atom. The lowest BCUT2D eigenvalue weighted by Gasteiger charge is -2.35. The van der Waals surface area contributed by atoms with Crippen LogP contribution in [-0.4, -0.2) is 64.4 Å². The van der Waals surface area contributed by atoms with E-state index in [2.05, 4.69) is 9.97 Å². The van der Waals surface area contributed by atoms with E-state index in [4.69, 9.17) is 4.74 Å². The number of carbonyl (C=O) groups excluding carboxylic acids is 2. The van der Waals surface area contributed by atoms with Gasteiger partial charge in [0.25, 0.3) is 11.8 Å². The fourth-order valence-electron chi connectivity index (χ4n) is 3.99. The van der Waals surface area contributed by atoms with Crippen molar-refractivity contribution >= 4 is 11.8 Å². The van der Waals surface area contributed by atoms with Crippen LogP contribution in [0.25, 0.3) is 0 Å². The van der Waals surface area contributed by atoms with Gasteiger partial charge in [0.05, 0.1) is 30.5 Å². The van der Waals surface area contributed by atoms with Crippen molar-refractivity contribution in [3.63, 3.8) is 0 Å². The van der Waals surface area contributed by atoms with Crippen LogP contribution in [0.1, 0.15) is 57.5 Å². The summed E-state index contributed by atoms with van der Waals surface area (Å²) in [7, 11) is 0. The van der Waals surface area contributed by atoms with E-state index in [-0.39, 0.29) is 23.7 Å². The van der Waals surface area contributed by atoms with Crippen molar-refractivity contribution in [3.8, 4) is 0 Å². The quantitative estimate of drug-likeness (QED) is 0.775. The van der Waals surface area contributed by atoms with Gasteiger partial charge >= 0.3 is 0 Å².